The van der Waals surface area contributed by atoms with Crippen LogP contribution in [0.3, 0.4) is 0 Å². The third-order valence-corrected chi connectivity index (χ3v) is 7.67. The van der Waals surface area contributed by atoms with Crippen molar-refractivity contribution in [2.45, 2.75) is 44.1 Å². The van der Waals surface area contributed by atoms with Crippen molar-refractivity contribution in [2.75, 3.05) is 31.0 Å². The molecule has 0 spiro atoms. The van der Waals surface area contributed by atoms with Crippen LogP contribution < -0.4 is 20.5 Å². The summed E-state index contributed by atoms with van der Waals surface area (Å²) in [6.07, 6.45) is 2.75. The largest absolute Gasteiger partial charge is 0.486 e. The average molecular weight is 486 g/mol. The number of hydrogen-bond donors (Lipinski definition) is 3. The van der Waals surface area contributed by atoms with Crippen LogP contribution in [0.2, 0.25) is 0 Å². The Kier molecular flexibility index (Phi) is 7.24. The zero-order valence-corrected chi connectivity index (χ0v) is 20.7. The lowest BCUT2D eigenvalue weighted by Crippen LogP contribution is -2.56. The molecule has 1 fully saturated rings. The number of rotatable bonds is 7. The molecule has 0 aliphatic carbocycles. The second-order valence-corrected chi connectivity index (χ2v) is 10.8. The van der Waals surface area contributed by atoms with Gasteiger partial charge in [0.15, 0.2) is 17.4 Å². The monoisotopic (exact) mass is 485 g/mol. The quantitative estimate of drug-likeness (QED) is 0.309. The molecular weight excluding hydrogens is 454 g/mol. The van der Waals surface area contributed by atoms with E-state index in [2.05, 4.69) is 32.7 Å². The van der Waals surface area contributed by atoms with Crippen LogP contribution in [-0.2, 0) is 26.8 Å². The molecule has 2 aliphatic rings. The van der Waals surface area contributed by atoms with Crippen molar-refractivity contribution in [3.05, 3.63) is 41.6 Å². The normalized spacial score (nSPS) is 21.2. The predicted octanol–water partition coefficient (Wildman–Crippen LogP) is 2.05. The van der Waals surface area contributed by atoms with E-state index in [-0.39, 0.29) is 23.9 Å². The number of aromatic nitrogens is 2. The number of morpholine rings is 1. The summed E-state index contributed by atoms with van der Waals surface area (Å²) in [6.45, 7) is 7.93. The van der Waals surface area contributed by atoms with E-state index in [0.717, 1.165) is 11.8 Å². The fraction of sp³-hybridized carbons (Fsp3) is 0.478. The van der Waals surface area contributed by atoms with Crippen molar-refractivity contribution >= 4 is 34.6 Å². The van der Waals surface area contributed by atoms with Gasteiger partial charge >= 0.3 is 0 Å². The molecule has 4 rings (SSSR count). The number of hydrogen-bond acceptors (Lipinski definition) is 9. The zero-order valence-electron chi connectivity index (χ0n) is 19.9. The van der Waals surface area contributed by atoms with Gasteiger partial charge < -0.3 is 25.2 Å². The number of ether oxygens (including phenoxy) is 2. The van der Waals surface area contributed by atoms with Gasteiger partial charge in [0.2, 0.25) is 0 Å². The summed E-state index contributed by atoms with van der Waals surface area (Å²) in [4.78, 5) is 16.0. The van der Waals surface area contributed by atoms with Crippen LogP contribution in [0.25, 0.3) is 0 Å². The maximum atomic E-state index is 12.6. The Balaban J connectivity index is 1.69. The smallest absolute Gasteiger partial charge is 0.253 e. The second kappa shape index (κ2) is 10.2. The number of benzene rings is 1. The highest BCUT2D eigenvalue weighted by Crippen LogP contribution is 2.43. The van der Waals surface area contributed by atoms with Crippen LogP contribution in [0.5, 0.6) is 5.75 Å². The molecule has 3 N–H and O–H groups in total. The fourth-order valence-corrected chi connectivity index (χ4v) is 4.36. The maximum absolute atomic E-state index is 12.6. The molecule has 1 aromatic carbocycles. The van der Waals surface area contributed by atoms with Gasteiger partial charge in [-0.15, -0.1) is 0 Å². The van der Waals surface area contributed by atoms with E-state index in [4.69, 9.17) is 19.9 Å². The van der Waals surface area contributed by atoms with E-state index in [1.165, 1.54) is 0 Å². The first-order valence-corrected chi connectivity index (χ1v) is 12.7. The lowest BCUT2D eigenvalue weighted by atomic mass is 10.0. The van der Waals surface area contributed by atoms with Gasteiger partial charge in [-0.3, -0.25) is 4.21 Å². The molecule has 3 heterocycles. The van der Waals surface area contributed by atoms with E-state index < -0.39 is 15.5 Å². The van der Waals surface area contributed by atoms with E-state index >= 15 is 0 Å². The SMILES string of the molecule is C[C@@H]1COC[C@H]2COc3c(nc(N=C(C=N)NNCc4ccccc4)nc3C(C)(C)S(C)=O)N21. The number of fused-ring (bicyclic) bond motifs is 3. The minimum Gasteiger partial charge on any atom is -0.486 e. The summed E-state index contributed by atoms with van der Waals surface area (Å²) < 4.78 is 23.7. The molecule has 1 saturated heterocycles. The first-order valence-electron chi connectivity index (χ1n) is 11.2. The molecule has 1 unspecified atom stereocenters. The minimum absolute atomic E-state index is 0.0268. The van der Waals surface area contributed by atoms with Crippen molar-refractivity contribution in [3.63, 3.8) is 0 Å². The third-order valence-electron chi connectivity index (χ3n) is 6.04. The number of hydrazine groups is 1. The first-order chi connectivity index (χ1) is 16.3. The van der Waals surface area contributed by atoms with Crippen LogP contribution in [-0.4, -0.2) is 64.4 Å². The average Bonchev–Trinajstić information content (AvgIpc) is 2.83. The second-order valence-electron chi connectivity index (χ2n) is 8.85. The van der Waals surface area contributed by atoms with Crippen molar-refractivity contribution in [1.29, 1.82) is 5.41 Å². The highest BCUT2D eigenvalue weighted by atomic mass is 32.2. The zero-order chi connectivity index (χ0) is 24.3. The standard InChI is InChI=1S/C23H31N7O3S/c1-15-12-32-13-17-14-33-19-20(23(2,3)34(4)31)27-22(28-21(19)30(15)17)26-18(10-24)29-25-11-16-8-6-5-7-9-16/h5-10,15,17,24-25H,11-14H2,1-4H3,(H,26,27,28,29)/t15-,17+,34?/m1/s1. The molecule has 2 aliphatic heterocycles. The summed E-state index contributed by atoms with van der Waals surface area (Å²) in [7, 11) is -1.23. The van der Waals surface area contributed by atoms with E-state index in [1.807, 2.05) is 44.2 Å². The number of anilines is 1. The van der Waals surface area contributed by atoms with Gasteiger partial charge in [-0.05, 0) is 26.3 Å². The lowest BCUT2D eigenvalue weighted by molar-refractivity contribution is 0.0482. The highest BCUT2D eigenvalue weighted by molar-refractivity contribution is 7.85. The van der Waals surface area contributed by atoms with E-state index in [9.17, 15) is 4.21 Å². The molecule has 2 aromatic rings. The molecule has 1 aromatic heterocycles. The van der Waals surface area contributed by atoms with Crippen LogP contribution >= 0.6 is 0 Å². The molecule has 0 radical (unpaired) electrons. The van der Waals surface area contributed by atoms with E-state index in [1.54, 1.807) is 6.26 Å². The van der Waals surface area contributed by atoms with Crippen molar-refractivity contribution in [2.24, 2.45) is 4.99 Å². The molecule has 0 saturated carbocycles. The van der Waals surface area contributed by atoms with Gasteiger partial charge in [0, 0.05) is 23.6 Å². The van der Waals surface area contributed by atoms with Crippen LogP contribution in [0.1, 0.15) is 32.0 Å². The van der Waals surface area contributed by atoms with Gasteiger partial charge in [0.05, 0.1) is 36.3 Å². The molecule has 34 heavy (non-hydrogen) atoms. The van der Waals surface area contributed by atoms with Crippen molar-refractivity contribution in [3.8, 4) is 5.75 Å². The highest BCUT2D eigenvalue weighted by Gasteiger charge is 2.41. The molecule has 10 nitrogen and oxygen atoms in total. The summed E-state index contributed by atoms with van der Waals surface area (Å²) in [5.74, 6) is 1.58. The van der Waals surface area contributed by atoms with Gasteiger partial charge in [0.25, 0.3) is 5.95 Å². The molecular formula is C23H31N7O3S. The summed E-state index contributed by atoms with van der Waals surface area (Å²) in [6, 6.07) is 10.0. The fourth-order valence-electron chi connectivity index (χ4n) is 3.95. The van der Waals surface area contributed by atoms with Crippen LogP contribution in [0.4, 0.5) is 11.8 Å². The molecule has 11 heteroatoms. The topological polar surface area (TPSA) is 125 Å². The summed E-state index contributed by atoms with van der Waals surface area (Å²) in [5.41, 5.74) is 7.63. The van der Waals surface area contributed by atoms with Crippen molar-refractivity contribution in [1.82, 2.24) is 20.8 Å². The van der Waals surface area contributed by atoms with Gasteiger partial charge in [-0.25, -0.2) is 10.4 Å². The number of nitrogens with one attached hydrogen (secondary N) is 3. The third kappa shape index (κ3) is 4.96. The Morgan fingerprint density at radius 3 is 2.76 bits per heavy atom. The molecule has 0 amide bonds. The predicted molar refractivity (Wildman–Crippen MR) is 133 cm³/mol. The Hall–Kier alpha value is -2.89. The first kappa shape index (κ1) is 24.2. The van der Waals surface area contributed by atoms with Gasteiger partial charge in [-0.2, -0.15) is 9.98 Å². The Morgan fingerprint density at radius 1 is 1.29 bits per heavy atom. The van der Waals surface area contributed by atoms with E-state index in [0.29, 0.717) is 43.6 Å². The minimum atomic E-state index is -1.23. The number of amidine groups is 1. The summed E-state index contributed by atoms with van der Waals surface area (Å²) >= 11 is 0. The Labute approximate surface area is 202 Å². The number of aliphatic imine (C=N–C) groups is 1. The van der Waals surface area contributed by atoms with Gasteiger partial charge in [-0.1, -0.05) is 30.3 Å². The Morgan fingerprint density at radius 2 is 2.06 bits per heavy atom. The molecule has 0 bridgehead atoms. The van der Waals surface area contributed by atoms with Crippen molar-refractivity contribution < 1.29 is 13.7 Å². The van der Waals surface area contributed by atoms with Crippen LogP contribution in [0, 0.1) is 5.41 Å². The summed E-state index contributed by atoms with van der Waals surface area (Å²) in [5, 5.41) is 7.79. The van der Waals surface area contributed by atoms with Gasteiger partial charge in [0.1, 0.15) is 12.3 Å². The van der Waals surface area contributed by atoms with Crippen LogP contribution in [0.15, 0.2) is 35.3 Å². The molecule has 3 atom stereocenters. The maximum Gasteiger partial charge on any atom is 0.253 e. The Bertz CT molecular complexity index is 1090. The lowest BCUT2D eigenvalue weighted by Gasteiger charge is -2.45. The number of nitrogens with zero attached hydrogens (tertiary/aromatic N) is 4. The molecule has 182 valence electrons.